The third kappa shape index (κ3) is 2.63. The zero-order chi connectivity index (χ0) is 13.0. The topological polar surface area (TPSA) is 51.2 Å². The van der Waals surface area contributed by atoms with Crippen LogP contribution >= 0.6 is 0 Å². The van der Waals surface area contributed by atoms with Crippen molar-refractivity contribution in [3.8, 4) is 5.75 Å². The molecule has 92 valence electrons. The Kier molecular flexibility index (Phi) is 3.52. The Hall–Kier alpha value is -2.43. The van der Waals surface area contributed by atoms with Gasteiger partial charge in [0.05, 0.1) is 12.8 Å². The Labute approximate surface area is 103 Å². The number of amides is 1. The molecule has 18 heavy (non-hydrogen) atoms. The number of benzene rings is 1. The molecule has 2 aromatic rings. The highest BCUT2D eigenvalue weighted by molar-refractivity contribution is 6.04. The number of nitrogens with one attached hydrogen (secondary N) is 1. The molecule has 1 heterocycles. The summed E-state index contributed by atoms with van der Waals surface area (Å²) in [6, 6.07) is 7.07. The molecule has 0 radical (unpaired) electrons. The fourth-order valence-corrected chi connectivity index (χ4v) is 1.48. The van der Waals surface area contributed by atoms with Gasteiger partial charge in [-0.15, -0.1) is 0 Å². The molecule has 0 bridgehead atoms. The van der Waals surface area contributed by atoms with Crippen molar-refractivity contribution >= 4 is 11.6 Å². The number of halogens is 1. The van der Waals surface area contributed by atoms with E-state index in [-0.39, 0.29) is 5.91 Å². The third-order valence-corrected chi connectivity index (χ3v) is 2.35. The van der Waals surface area contributed by atoms with Gasteiger partial charge < -0.3 is 10.1 Å². The van der Waals surface area contributed by atoms with Crippen LogP contribution in [0.4, 0.5) is 10.1 Å². The standard InChI is InChI=1S/C13H11FN2O2/c1-18-12-3-2-10(14)8-11(12)16-13(17)9-4-6-15-7-5-9/h2-8H,1H3,(H,16,17). The smallest absolute Gasteiger partial charge is 0.255 e. The number of aromatic nitrogens is 1. The molecule has 1 aromatic heterocycles. The second-order valence-electron chi connectivity index (χ2n) is 3.53. The summed E-state index contributed by atoms with van der Waals surface area (Å²) in [6.45, 7) is 0. The minimum atomic E-state index is -0.444. The van der Waals surface area contributed by atoms with Gasteiger partial charge in [-0.2, -0.15) is 0 Å². The van der Waals surface area contributed by atoms with E-state index in [4.69, 9.17) is 4.74 Å². The van der Waals surface area contributed by atoms with Gasteiger partial charge in [-0.25, -0.2) is 4.39 Å². The van der Waals surface area contributed by atoms with Crippen molar-refractivity contribution < 1.29 is 13.9 Å². The summed E-state index contributed by atoms with van der Waals surface area (Å²) in [5.41, 5.74) is 0.732. The van der Waals surface area contributed by atoms with Gasteiger partial charge in [0.25, 0.3) is 5.91 Å². The average Bonchev–Trinajstić information content (AvgIpc) is 2.40. The van der Waals surface area contributed by atoms with Crippen molar-refractivity contribution in [1.29, 1.82) is 0 Å². The predicted molar refractivity (Wildman–Crippen MR) is 65.1 cm³/mol. The second-order valence-corrected chi connectivity index (χ2v) is 3.53. The van der Waals surface area contributed by atoms with E-state index in [1.165, 1.54) is 37.7 Å². The monoisotopic (exact) mass is 246 g/mol. The van der Waals surface area contributed by atoms with Gasteiger partial charge in [0, 0.05) is 24.0 Å². The normalized spacial score (nSPS) is 9.89. The van der Waals surface area contributed by atoms with Crippen LogP contribution in [0.25, 0.3) is 0 Å². The zero-order valence-corrected chi connectivity index (χ0v) is 9.68. The predicted octanol–water partition coefficient (Wildman–Crippen LogP) is 2.48. The van der Waals surface area contributed by atoms with Crippen LogP contribution in [-0.2, 0) is 0 Å². The molecule has 4 nitrogen and oxygen atoms in total. The van der Waals surface area contributed by atoms with E-state index < -0.39 is 5.82 Å². The first-order valence-corrected chi connectivity index (χ1v) is 5.25. The lowest BCUT2D eigenvalue weighted by Gasteiger charge is -2.10. The van der Waals surface area contributed by atoms with E-state index in [0.717, 1.165) is 0 Å². The Morgan fingerprint density at radius 3 is 2.67 bits per heavy atom. The Bertz CT molecular complexity index is 558. The molecule has 5 heteroatoms. The van der Waals surface area contributed by atoms with Gasteiger partial charge in [0.15, 0.2) is 0 Å². The number of anilines is 1. The molecule has 0 atom stereocenters. The van der Waals surface area contributed by atoms with Crippen LogP contribution in [0.15, 0.2) is 42.7 Å². The summed E-state index contributed by atoms with van der Waals surface area (Å²) in [4.78, 5) is 15.7. The first-order chi connectivity index (χ1) is 8.70. The summed E-state index contributed by atoms with van der Waals surface area (Å²) in [6.07, 6.45) is 3.02. The van der Waals surface area contributed by atoms with E-state index in [2.05, 4.69) is 10.3 Å². The number of ether oxygens (including phenoxy) is 1. The molecule has 0 unspecified atom stereocenters. The van der Waals surface area contributed by atoms with Crippen molar-refractivity contribution in [2.24, 2.45) is 0 Å². The van der Waals surface area contributed by atoms with Crippen LogP contribution in [-0.4, -0.2) is 18.0 Å². The highest BCUT2D eigenvalue weighted by atomic mass is 19.1. The Balaban J connectivity index is 2.24. The number of nitrogens with zero attached hydrogens (tertiary/aromatic N) is 1. The van der Waals surface area contributed by atoms with E-state index >= 15 is 0 Å². The van der Waals surface area contributed by atoms with E-state index in [9.17, 15) is 9.18 Å². The molecular formula is C13H11FN2O2. The van der Waals surface area contributed by atoms with E-state index in [1.54, 1.807) is 12.1 Å². The zero-order valence-electron chi connectivity index (χ0n) is 9.68. The molecule has 0 aliphatic heterocycles. The maximum absolute atomic E-state index is 13.1. The molecule has 1 amide bonds. The SMILES string of the molecule is COc1ccc(F)cc1NC(=O)c1ccncc1. The maximum Gasteiger partial charge on any atom is 0.255 e. The summed E-state index contributed by atoms with van der Waals surface area (Å²) < 4.78 is 18.2. The molecule has 1 aromatic carbocycles. The molecule has 0 saturated heterocycles. The van der Waals surface area contributed by atoms with Crippen LogP contribution in [0.3, 0.4) is 0 Å². The van der Waals surface area contributed by atoms with Crippen LogP contribution in [0.5, 0.6) is 5.75 Å². The van der Waals surface area contributed by atoms with Crippen LogP contribution in [0, 0.1) is 5.82 Å². The fourth-order valence-electron chi connectivity index (χ4n) is 1.48. The number of methoxy groups -OCH3 is 1. The van der Waals surface area contributed by atoms with Crippen molar-refractivity contribution in [2.45, 2.75) is 0 Å². The Morgan fingerprint density at radius 1 is 1.28 bits per heavy atom. The molecule has 0 fully saturated rings. The van der Waals surface area contributed by atoms with Gasteiger partial charge in [0.1, 0.15) is 11.6 Å². The molecule has 2 rings (SSSR count). The number of carbonyl (C=O) groups is 1. The third-order valence-electron chi connectivity index (χ3n) is 2.35. The average molecular weight is 246 g/mol. The number of rotatable bonds is 3. The lowest BCUT2D eigenvalue weighted by atomic mass is 10.2. The van der Waals surface area contributed by atoms with Gasteiger partial charge in [0.2, 0.25) is 0 Å². The van der Waals surface area contributed by atoms with Gasteiger partial charge in [-0.05, 0) is 24.3 Å². The number of carbonyl (C=O) groups excluding carboxylic acids is 1. The molecule has 1 N–H and O–H groups in total. The van der Waals surface area contributed by atoms with Crippen molar-refractivity contribution in [2.75, 3.05) is 12.4 Å². The highest BCUT2D eigenvalue weighted by Crippen LogP contribution is 2.25. The summed E-state index contributed by atoms with van der Waals surface area (Å²) in [5.74, 6) is -0.388. The minimum Gasteiger partial charge on any atom is -0.495 e. The molecule has 0 aliphatic rings. The van der Waals surface area contributed by atoms with Crippen LogP contribution in [0.2, 0.25) is 0 Å². The van der Waals surface area contributed by atoms with Crippen molar-refractivity contribution in [3.63, 3.8) is 0 Å². The Morgan fingerprint density at radius 2 is 2.00 bits per heavy atom. The van der Waals surface area contributed by atoms with Gasteiger partial charge in [-0.3, -0.25) is 9.78 Å². The molecule has 0 saturated carbocycles. The largest absolute Gasteiger partial charge is 0.495 e. The van der Waals surface area contributed by atoms with E-state index in [1.807, 2.05) is 0 Å². The summed E-state index contributed by atoms with van der Waals surface area (Å²) >= 11 is 0. The minimum absolute atomic E-state index is 0.291. The van der Waals surface area contributed by atoms with Gasteiger partial charge >= 0.3 is 0 Å². The van der Waals surface area contributed by atoms with Crippen LogP contribution < -0.4 is 10.1 Å². The first kappa shape index (κ1) is 12.0. The maximum atomic E-state index is 13.1. The van der Waals surface area contributed by atoms with Crippen molar-refractivity contribution in [3.05, 3.63) is 54.1 Å². The summed E-state index contributed by atoms with van der Waals surface area (Å²) in [7, 11) is 1.45. The van der Waals surface area contributed by atoms with Crippen molar-refractivity contribution in [1.82, 2.24) is 4.98 Å². The number of hydrogen-bond donors (Lipinski definition) is 1. The van der Waals surface area contributed by atoms with E-state index in [0.29, 0.717) is 17.0 Å². The first-order valence-electron chi connectivity index (χ1n) is 5.25. The molecular weight excluding hydrogens is 235 g/mol. The quantitative estimate of drug-likeness (QED) is 0.905. The number of hydrogen-bond acceptors (Lipinski definition) is 3. The number of pyridine rings is 1. The fraction of sp³-hybridized carbons (Fsp3) is 0.0769. The highest BCUT2D eigenvalue weighted by Gasteiger charge is 2.10. The van der Waals surface area contributed by atoms with Crippen LogP contribution in [0.1, 0.15) is 10.4 Å². The molecule has 0 aliphatic carbocycles. The lowest BCUT2D eigenvalue weighted by molar-refractivity contribution is 0.102. The second kappa shape index (κ2) is 5.27. The van der Waals surface area contributed by atoms with Gasteiger partial charge in [-0.1, -0.05) is 0 Å². The lowest BCUT2D eigenvalue weighted by Crippen LogP contribution is -2.12. The summed E-state index contributed by atoms with van der Waals surface area (Å²) in [5, 5.41) is 2.59. The molecule has 0 spiro atoms.